The topological polar surface area (TPSA) is 72.2 Å². The fourth-order valence-corrected chi connectivity index (χ4v) is 1.82. The van der Waals surface area contributed by atoms with E-state index in [0.717, 1.165) is 25.3 Å². The molecule has 0 aromatic carbocycles. The van der Waals surface area contributed by atoms with Gasteiger partial charge in [-0.15, -0.1) is 0 Å². The summed E-state index contributed by atoms with van der Waals surface area (Å²) in [5, 5.41) is 8.77. The van der Waals surface area contributed by atoms with Gasteiger partial charge in [-0.1, -0.05) is 6.42 Å². The maximum atomic E-state index is 11.6. The van der Waals surface area contributed by atoms with Crippen molar-refractivity contribution in [2.24, 2.45) is 0 Å². The molecule has 0 amide bonds. The van der Waals surface area contributed by atoms with Crippen LogP contribution in [0.1, 0.15) is 35.6 Å². The van der Waals surface area contributed by atoms with Crippen molar-refractivity contribution in [3.8, 4) is 0 Å². The zero-order valence-electron chi connectivity index (χ0n) is 8.27. The minimum atomic E-state index is -1.14. The summed E-state index contributed by atoms with van der Waals surface area (Å²) in [5.41, 5.74) is -0.396. The van der Waals surface area contributed by atoms with Crippen LogP contribution in [-0.2, 0) is 13.0 Å². The normalized spacial score (nSPS) is 15.5. The Morgan fingerprint density at radius 1 is 1.40 bits per heavy atom. The van der Waals surface area contributed by atoms with E-state index in [1.54, 1.807) is 4.57 Å². The van der Waals surface area contributed by atoms with E-state index in [-0.39, 0.29) is 11.3 Å². The third kappa shape index (κ3) is 1.91. The second-order valence-electron chi connectivity index (χ2n) is 3.66. The summed E-state index contributed by atoms with van der Waals surface area (Å²) < 4.78 is 1.58. The van der Waals surface area contributed by atoms with Gasteiger partial charge in [-0.05, 0) is 12.8 Å². The standard InChI is InChI=1S/C10H12N2O3/c13-9-6-7(10(14)15)11-8-4-2-1-3-5-12(8)9/h6H,1-5H2,(H,14,15). The van der Waals surface area contributed by atoms with E-state index >= 15 is 0 Å². The first-order valence-electron chi connectivity index (χ1n) is 5.02. The number of nitrogens with zero attached hydrogens (tertiary/aromatic N) is 2. The predicted octanol–water partition coefficient (Wildman–Crippen LogP) is 0.668. The summed E-state index contributed by atoms with van der Waals surface area (Å²) in [6.07, 6.45) is 3.68. The summed E-state index contributed by atoms with van der Waals surface area (Å²) in [7, 11) is 0. The number of hydrogen-bond donors (Lipinski definition) is 1. The molecular weight excluding hydrogens is 196 g/mol. The van der Waals surface area contributed by atoms with Crippen LogP contribution in [0, 0.1) is 0 Å². The van der Waals surface area contributed by atoms with Gasteiger partial charge in [-0.3, -0.25) is 9.36 Å². The predicted molar refractivity (Wildman–Crippen MR) is 53.0 cm³/mol. The molecule has 80 valence electrons. The molecule has 1 aromatic heterocycles. The van der Waals surface area contributed by atoms with Gasteiger partial charge in [0.15, 0.2) is 5.69 Å². The number of rotatable bonds is 1. The summed E-state index contributed by atoms with van der Waals surface area (Å²) in [4.78, 5) is 26.3. The molecule has 0 atom stereocenters. The van der Waals surface area contributed by atoms with Crippen LogP contribution in [0.2, 0.25) is 0 Å². The van der Waals surface area contributed by atoms with Gasteiger partial charge in [0.05, 0.1) is 0 Å². The van der Waals surface area contributed by atoms with E-state index in [2.05, 4.69) is 4.98 Å². The van der Waals surface area contributed by atoms with E-state index in [9.17, 15) is 9.59 Å². The molecule has 0 bridgehead atoms. The van der Waals surface area contributed by atoms with Crippen molar-refractivity contribution in [2.45, 2.75) is 32.2 Å². The second-order valence-corrected chi connectivity index (χ2v) is 3.66. The van der Waals surface area contributed by atoms with E-state index in [1.807, 2.05) is 0 Å². The molecular formula is C10H12N2O3. The van der Waals surface area contributed by atoms with Crippen LogP contribution in [0.5, 0.6) is 0 Å². The van der Waals surface area contributed by atoms with Crippen molar-refractivity contribution < 1.29 is 9.90 Å². The third-order valence-electron chi connectivity index (χ3n) is 2.59. The zero-order valence-corrected chi connectivity index (χ0v) is 8.27. The number of carbonyl (C=O) groups is 1. The molecule has 0 aliphatic carbocycles. The molecule has 2 heterocycles. The molecule has 1 aromatic rings. The fourth-order valence-electron chi connectivity index (χ4n) is 1.82. The van der Waals surface area contributed by atoms with E-state index in [1.165, 1.54) is 0 Å². The molecule has 2 rings (SSSR count). The molecule has 0 spiro atoms. The van der Waals surface area contributed by atoms with Crippen molar-refractivity contribution in [1.82, 2.24) is 9.55 Å². The van der Waals surface area contributed by atoms with Crippen LogP contribution in [0.4, 0.5) is 0 Å². The number of aromatic carboxylic acids is 1. The Labute approximate surface area is 86.4 Å². The molecule has 1 N–H and O–H groups in total. The Morgan fingerprint density at radius 3 is 2.93 bits per heavy atom. The van der Waals surface area contributed by atoms with Crippen LogP contribution >= 0.6 is 0 Å². The van der Waals surface area contributed by atoms with Gasteiger partial charge >= 0.3 is 5.97 Å². The van der Waals surface area contributed by atoms with Crippen molar-refractivity contribution in [1.29, 1.82) is 0 Å². The van der Waals surface area contributed by atoms with Crippen LogP contribution in [-0.4, -0.2) is 20.6 Å². The molecule has 0 saturated carbocycles. The minimum absolute atomic E-state index is 0.145. The molecule has 1 aliphatic rings. The molecule has 0 fully saturated rings. The van der Waals surface area contributed by atoms with Crippen LogP contribution in [0.15, 0.2) is 10.9 Å². The van der Waals surface area contributed by atoms with Crippen LogP contribution in [0.25, 0.3) is 0 Å². The number of aryl methyl sites for hydroxylation is 1. The van der Waals surface area contributed by atoms with Gasteiger partial charge in [0.1, 0.15) is 5.82 Å². The molecule has 5 heteroatoms. The zero-order chi connectivity index (χ0) is 10.8. The van der Waals surface area contributed by atoms with Gasteiger partial charge < -0.3 is 5.11 Å². The summed E-state index contributed by atoms with van der Waals surface area (Å²) >= 11 is 0. The molecule has 15 heavy (non-hydrogen) atoms. The second kappa shape index (κ2) is 3.84. The quantitative estimate of drug-likeness (QED) is 0.736. The number of fused-ring (bicyclic) bond motifs is 1. The van der Waals surface area contributed by atoms with Gasteiger partial charge in [-0.2, -0.15) is 0 Å². The average molecular weight is 208 g/mol. The van der Waals surface area contributed by atoms with Crippen molar-refractivity contribution >= 4 is 5.97 Å². The maximum Gasteiger partial charge on any atom is 0.354 e. The fraction of sp³-hybridized carbons (Fsp3) is 0.500. The molecule has 0 unspecified atom stereocenters. The Morgan fingerprint density at radius 2 is 2.20 bits per heavy atom. The average Bonchev–Trinajstić information content (AvgIpc) is 2.42. The van der Waals surface area contributed by atoms with Gasteiger partial charge in [0.25, 0.3) is 5.56 Å². The SMILES string of the molecule is O=C(O)c1cc(=O)n2c(n1)CCCCC2. The summed E-state index contributed by atoms with van der Waals surface area (Å²) in [6.45, 7) is 0.654. The Bertz CT molecular complexity index is 450. The maximum absolute atomic E-state index is 11.6. The highest BCUT2D eigenvalue weighted by Gasteiger charge is 2.14. The number of hydrogen-bond acceptors (Lipinski definition) is 3. The lowest BCUT2D eigenvalue weighted by Gasteiger charge is -2.07. The number of carboxylic acid groups (broad SMARTS) is 1. The highest BCUT2D eigenvalue weighted by molar-refractivity contribution is 5.85. The largest absolute Gasteiger partial charge is 0.477 e. The van der Waals surface area contributed by atoms with Crippen molar-refractivity contribution in [3.63, 3.8) is 0 Å². The van der Waals surface area contributed by atoms with Gasteiger partial charge in [-0.25, -0.2) is 9.78 Å². The molecule has 5 nitrogen and oxygen atoms in total. The van der Waals surface area contributed by atoms with Gasteiger partial charge in [0.2, 0.25) is 0 Å². The number of carboxylic acids is 1. The smallest absolute Gasteiger partial charge is 0.354 e. The lowest BCUT2D eigenvalue weighted by molar-refractivity contribution is 0.0689. The van der Waals surface area contributed by atoms with E-state index in [0.29, 0.717) is 18.8 Å². The van der Waals surface area contributed by atoms with Gasteiger partial charge in [0, 0.05) is 19.0 Å². The highest BCUT2D eigenvalue weighted by Crippen LogP contribution is 2.10. The Balaban J connectivity index is 2.53. The Hall–Kier alpha value is -1.65. The first-order chi connectivity index (χ1) is 7.18. The molecule has 0 radical (unpaired) electrons. The van der Waals surface area contributed by atoms with Crippen molar-refractivity contribution in [3.05, 3.63) is 27.9 Å². The van der Waals surface area contributed by atoms with E-state index < -0.39 is 5.97 Å². The monoisotopic (exact) mass is 208 g/mol. The third-order valence-corrected chi connectivity index (χ3v) is 2.59. The summed E-state index contributed by atoms with van der Waals surface area (Å²) in [6, 6.07) is 1.09. The lowest BCUT2D eigenvalue weighted by atomic mass is 10.2. The van der Waals surface area contributed by atoms with E-state index in [4.69, 9.17) is 5.11 Å². The van der Waals surface area contributed by atoms with Crippen LogP contribution in [0.3, 0.4) is 0 Å². The minimum Gasteiger partial charge on any atom is -0.477 e. The first-order valence-corrected chi connectivity index (χ1v) is 5.02. The Kier molecular flexibility index (Phi) is 2.53. The number of aromatic nitrogens is 2. The first kappa shape index (κ1) is 9.89. The van der Waals surface area contributed by atoms with Crippen molar-refractivity contribution in [2.75, 3.05) is 0 Å². The molecule has 1 aliphatic heterocycles. The highest BCUT2D eigenvalue weighted by atomic mass is 16.4. The lowest BCUT2D eigenvalue weighted by Crippen LogP contribution is -2.25. The summed E-state index contributed by atoms with van der Waals surface area (Å²) in [5.74, 6) is -0.530. The van der Waals surface area contributed by atoms with Crippen LogP contribution < -0.4 is 5.56 Å². The molecule has 0 saturated heterocycles.